The highest BCUT2D eigenvalue weighted by Gasteiger charge is 2.47. The van der Waals surface area contributed by atoms with Gasteiger partial charge in [-0.25, -0.2) is 9.59 Å². The van der Waals surface area contributed by atoms with E-state index in [1.165, 1.54) is 17.0 Å². The lowest BCUT2D eigenvalue weighted by atomic mass is 10.2. The molecular formula is C30H51N5O13P2. The number of hydrogen-bond donors (Lipinski definition) is 4. The van der Waals surface area contributed by atoms with Gasteiger partial charge in [0, 0.05) is 23.5 Å². The van der Waals surface area contributed by atoms with E-state index in [1.807, 2.05) is 27.7 Å². The van der Waals surface area contributed by atoms with Crippen LogP contribution in [0, 0.1) is 13.8 Å². The normalized spacial score (nSPS) is 26.3. The lowest BCUT2D eigenvalue weighted by Crippen LogP contribution is -2.40. The molecule has 4 unspecified atom stereocenters. The predicted octanol–water partition coefficient (Wildman–Crippen LogP) is 2.58. The zero-order valence-corrected chi connectivity index (χ0v) is 31.8. The van der Waals surface area contributed by atoms with Crippen LogP contribution in [-0.4, -0.2) is 90.0 Å². The molecule has 50 heavy (non-hydrogen) atoms. The third-order valence-electron chi connectivity index (χ3n) is 7.77. The van der Waals surface area contributed by atoms with Crippen LogP contribution in [0.3, 0.4) is 0 Å². The van der Waals surface area contributed by atoms with Crippen LogP contribution in [0.2, 0.25) is 0 Å². The molecule has 0 amide bonds. The summed E-state index contributed by atoms with van der Waals surface area (Å²) >= 11 is 0. The number of hydrogen-bond acceptors (Lipinski definition) is 13. The van der Waals surface area contributed by atoms with Gasteiger partial charge in [-0.15, -0.1) is 0 Å². The van der Waals surface area contributed by atoms with E-state index in [4.69, 9.17) is 33.7 Å². The number of nitrogens with two attached hydrogens (primary N) is 1. The van der Waals surface area contributed by atoms with Crippen molar-refractivity contribution in [2.24, 2.45) is 0 Å². The maximum atomic E-state index is 12.4. The van der Waals surface area contributed by atoms with E-state index >= 15 is 0 Å². The number of ether oxygens (including phenoxy) is 4. The number of anilines is 1. The van der Waals surface area contributed by atoms with Gasteiger partial charge in [0.25, 0.3) is 5.56 Å². The summed E-state index contributed by atoms with van der Waals surface area (Å²) in [5, 5.41) is 0. The quantitative estimate of drug-likeness (QED) is 0.228. The first-order valence-corrected chi connectivity index (χ1v) is 19.6. The van der Waals surface area contributed by atoms with Gasteiger partial charge in [0.1, 0.15) is 30.2 Å². The maximum absolute atomic E-state index is 12.4. The van der Waals surface area contributed by atoms with Crippen molar-refractivity contribution in [1.82, 2.24) is 19.1 Å². The Morgan fingerprint density at radius 2 is 1.22 bits per heavy atom. The number of nitrogens with one attached hydrogen (secondary N) is 1. The third kappa shape index (κ3) is 10.3. The monoisotopic (exact) mass is 751 g/mol. The largest absolute Gasteiger partial charge is 0.383 e. The van der Waals surface area contributed by atoms with Crippen LogP contribution in [0.25, 0.3) is 0 Å². The van der Waals surface area contributed by atoms with E-state index in [9.17, 15) is 33.3 Å². The fraction of sp³-hybridized carbons (Fsp3) is 0.733. The molecule has 8 atom stereocenters. The molecule has 0 saturated carbocycles. The third-order valence-corrected chi connectivity index (χ3v) is 11.5. The van der Waals surface area contributed by atoms with Crippen molar-refractivity contribution in [1.29, 1.82) is 0 Å². The minimum atomic E-state index is -3.94. The average molecular weight is 752 g/mol. The number of nitrogens with zero attached hydrogens (tertiary/aromatic N) is 3. The van der Waals surface area contributed by atoms with Gasteiger partial charge >= 0.3 is 26.6 Å². The Labute approximate surface area is 290 Å². The van der Waals surface area contributed by atoms with Gasteiger partial charge in [-0.3, -0.25) is 37.1 Å². The topological polar surface area (TPSA) is 246 Å². The van der Waals surface area contributed by atoms with E-state index in [2.05, 4.69) is 9.97 Å². The Kier molecular flexibility index (Phi) is 14.2. The van der Waals surface area contributed by atoms with Crippen LogP contribution < -0.4 is 22.7 Å². The summed E-state index contributed by atoms with van der Waals surface area (Å²) in [7, 11) is -7.85. The molecule has 2 saturated heterocycles. The molecule has 0 spiro atoms. The molecule has 4 heterocycles. The van der Waals surface area contributed by atoms with E-state index in [0.717, 1.165) is 4.57 Å². The van der Waals surface area contributed by atoms with Gasteiger partial charge in [0.05, 0.1) is 36.7 Å². The maximum Gasteiger partial charge on any atom is 0.351 e. The van der Waals surface area contributed by atoms with Crippen molar-refractivity contribution in [2.45, 2.75) is 130 Å². The van der Waals surface area contributed by atoms with Gasteiger partial charge in [-0.1, -0.05) is 27.7 Å². The van der Waals surface area contributed by atoms with E-state index in [0.29, 0.717) is 11.1 Å². The summed E-state index contributed by atoms with van der Waals surface area (Å²) < 4.78 is 60.9. The molecule has 20 heteroatoms. The fourth-order valence-corrected chi connectivity index (χ4v) is 6.58. The molecule has 0 aromatic carbocycles. The van der Waals surface area contributed by atoms with Gasteiger partial charge in [-0.2, -0.15) is 4.98 Å². The second-order valence-electron chi connectivity index (χ2n) is 13.3. The Morgan fingerprint density at radius 3 is 1.64 bits per heavy atom. The van der Waals surface area contributed by atoms with Crippen molar-refractivity contribution < 1.29 is 46.9 Å². The molecule has 18 nitrogen and oxygen atoms in total. The summed E-state index contributed by atoms with van der Waals surface area (Å²) in [6, 6.07) is 0. The van der Waals surface area contributed by atoms with Gasteiger partial charge < -0.3 is 34.5 Å². The number of aromatic amines is 1. The molecular weight excluding hydrogens is 700 g/mol. The molecule has 5 N–H and O–H groups in total. The van der Waals surface area contributed by atoms with Crippen LogP contribution >= 0.6 is 15.2 Å². The lowest BCUT2D eigenvalue weighted by Gasteiger charge is -2.28. The van der Waals surface area contributed by atoms with Crippen molar-refractivity contribution in [2.75, 3.05) is 18.9 Å². The molecule has 2 aromatic heterocycles. The predicted molar refractivity (Wildman–Crippen MR) is 183 cm³/mol. The number of aromatic nitrogens is 4. The van der Waals surface area contributed by atoms with Crippen molar-refractivity contribution in [3.63, 3.8) is 0 Å². The van der Waals surface area contributed by atoms with Gasteiger partial charge in [0.15, 0.2) is 12.5 Å². The first-order chi connectivity index (χ1) is 23.0. The molecule has 0 bridgehead atoms. The first kappa shape index (κ1) is 41.9. The standard InChI is InChI=1S/C15H26N3O6P.C15H25N2O7P/c1-8(2)23-11-7-22-14(12(11)24-25(20,21)9(3)4)18-6-10(5)13(16)17-15(18)19;1-8(2)23-11-7-22-14(12(11)24-25(20,21)9(3)4)17-6-10(5)13(18)16-15(17)19/h6,8-9,11-12,14H,7H2,1-5H3,(H,20,21)(H2,16,17,19);6,8-9,11-12,14H,7H2,1-5H3,(H,20,21)(H,16,18,19)/t2*11?,12-,14+/m00/s1. The molecule has 2 aliphatic rings. The second kappa shape index (κ2) is 16.9. The minimum absolute atomic E-state index is 0.0935. The Balaban J connectivity index is 0.000000270. The Bertz CT molecular complexity index is 1740. The van der Waals surface area contributed by atoms with Gasteiger partial charge in [0.2, 0.25) is 0 Å². The summed E-state index contributed by atoms with van der Waals surface area (Å²) in [5.41, 5.74) is 3.53. The molecule has 0 radical (unpaired) electrons. The molecule has 4 rings (SSSR count). The van der Waals surface area contributed by atoms with Crippen LogP contribution in [0.5, 0.6) is 0 Å². The van der Waals surface area contributed by atoms with E-state index in [1.54, 1.807) is 41.5 Å². The Morgan fingerprint density at radius 1 is 0.800 bits per heavy atom. The fourth-order valence-electron chi connectivity index (χ4n) is 4.91. The average Bonchev–Trinajstić information content (AvgIpc) is 3.54. The highest BCUT2D eigenvalue weighted by molar-refractivity contribution is 7.53. The molecule has 2 aliphatic heterocycles. The highest BCUT2D eigenvalue weighted by Crippen LogP contribution is 2.52. The van der Waals surface area contributed by atoms with Crippen molar-refractivity contribution >= 4 is 21.0 Å². The number of H-pyrrole nitrogens is 1. The molecule has 2 fully saturated rings. The smallest absolute Gasteiger partial charge is 0.351 e. The van der Waals surface area contributed by atoms with Crippen molar-refractivity contribution in [3.05, 3.63) is 54.8 Å². The van der Waals surface area contributed by atoms with Crippen molar-refractivity contribution in [3.8, 4) is 0 Å². The minimum Gasteiger partial charge on any atom is -0.383 e. The zero-order valence-electron chi connectivity index (χ0n) is 30.0. The lowest BCUT2D eigenvalue weighted by molar-refractivity contribution is -0.0482. The number of rotatable bonds is 12. The van der Waals surface area contributed by atoms with Crippen LogP contribution in [-0.2, 0) is 37.1 Å². The molecule has 284 valence electrons. The van der Waals surface area contributed by atoms with Crippen LogP contribution in [0.4, 0.5) is 5.82 Å². The summed E-state index contributed by atoms with van der Waals surface area (Å²) in [6.07, 6.45) is -2.47. The summed E-state index contributed by atoms with van der Waals surface area (Å²) in [4.78, 5) is 62.1. The van der Waals surface area contributed by atoms with E-state index in [-0.39, 0.29) is 31.2 Å². The number of nitrogen functional groups attached to an aromatic ring is 1. The van der Waals surface area contributed by atoms with E-state index < -0.39 is 80.3 Å². The highest BCUT2D eigenvalue weighted by atomic mass is 31.2. The summed E-state index contributed by atoms with van der Waals surface area (Å²) in [6.45, 7) is 17.1. The Hall–Kier alpha value is -2.50. The van der Waals surface area contributed by atoms with Gasteiger partial charge in [-0.05, 0) is 41.5 Å². The summed E-state index contributed by atoms with van der Waals surface area (Å²) in [5.74, 6) is 0.127. The first-order valence-electron chi connectivity index (χ1n) is 16.3. The molecule has 2 aromatic rings. The number of aryl methyl sites for hydroxylation is 2. The molecule has 0 aliphatic carbocycles. The van der Waals surface area contributed by atoms with Crippen LogP contribution in [0.1, 0.15) is 79.0 Å². The SMILES string of the molecule is Cc1cn([C@@H]2OCC(OC(C)C)[C@@H]2OP(=O)(O)C(C)C)c(=O)[nH]c1=O.Cc1cn([C@@H]2OCC(OC(C)C)[C@@H]2OP(=O)(O)C(C)C)c(=O)nc1N. The second-order valence-corrected chi connectivity index (χ2v) is 18.1. The zero-order chi connectivity index (χ0) is 37.9. The van der Waals surface area contributed by atoms with Crippen LogP contribution in [0.15, 0.2) is 26.8 Å².